The summed E-state index contributed by atoms with van der Waals surface area (Å²) in [4.78, 5) is 24.4. The van der Waals surface area contributed by atoms with Crippen molar-refractivity contribution in [2.24, 2.45) is 34.5 Å². The topological polar surface area (TPSA) is 34.1 Å². The van der Waals surface area contributed by atoms with Gasteiger partial charge in [-0.2, -0.15) is 0 Å². The van der Waals surface area contributed by atoms with Crippen LogP contribution >= 0.6 is 0 Å². The molecule has 4 aliphatic carbocycles. The Labute approximate surface area is 139 Å². The molecule has 0 aromatic rings. The van der Waals surface area contributed by atoms with E-state index in [1.807, 2.05) is 0 Å². The first-order chi connectivity index (χ1) is 11.0. The van der Waals surface area contributed by atoms with Crippen molar-refractivity contribution >= 4 is 11.6 Å². The molecule has 2 heteroatoms. The number of carbonyl (C=O) groups is 2. The van der Waals surface area contributed by atoms with Gasteiger partial charge in [0.15, 0.2) is 5.78 Å². The maximum atomic E-state index is 12.4. The Balaban J connectivity index is 1.74. The fraction of sp³-hybridized carbons (Fsp3) is 0.714. The summed E-state index contributed by atoms with van der Waals surface area (Å²) in [5.41, 5.74) is -0.0713. The Morgan fingerprint density at radius 3 is 2.83 bits per heavy atom. The smallest absolute Gasteiger partial charge is 0.155 e. The average molecular weight is 310 g/mol. The molecule has 122 valence electrons. The Bertz CT molecular complexity index is 624. The first-order valence-corrected chi connectivity index (χ1v) is 9.20. The van der Waals surface area contributed by atoms with Crippen molar-refractivity contribution < 1.29 is 9.59 Å². The van der Waals surface area contributed by atoms with Crippen LogP contribution in [-0.2, 0) is 9.59 Å². The molecule has 0 aliphatic heterocycles. The molecule has 3 saturated carbocycles. The van der Waals surface area contributed by atoms with Crippen LogP contribution in [0.15, 0.2) is 12.2 Å². The molecular weight excluding hydrogens is 284 g/mol. The van der Waals surface area contributed by atoms with Gasteiger partial charge in [-0.3, -0.25) is 9.59 Å². The normalized spacial score (nSPS) is 48.3. The summed E-state index contributed by atoms with van der Waals surface area (Å²) in [5, 5.41) is 0. The summed E-state index contributed by atoms with van der Waals surface area (Å²) in [5.74, 6) is 5.80. The second kappa shape index (κ2) is 5.07. The van der Waals surface area contributed by atoms with Gasteiger partial charge in [0.05, 0.1) is 0 Å². The van der Waals surface area contributed by atoms with Crippen molar-refractivity contribution in [1.82, 2.24) is 0 Å². The molecule has 0 aromatic carbocycles. The van der Waals surface area contributed by atoms with E-state index in [1.165, 1.54) is 6.42 Å². The molecule has 2 nitrogen and oxygen atoms in total. The summed E-state index contributed by atoms with van der Waals surface area (Å²) in [6.45, 7) is 2.21. The van der Waals surface area contributed by atoms with Gasteiger partial charge in [-0.15, -0.1) is 12.3 Å². The second-order valence-corrected chi connectivity index (χ2v) is 8.57. The van der Waals surface area contributed by atoms with E-state index in [4.69, 9.17) is 6.42 Å². The van der Waals surface area contributed by atoms with Gasteiger partial charge in [0, 0.05) is 30.1 Å². The first kappa shape index (κ1) is 15.2. The fourth-order valence-electron chi connectivity index (χ4n) is 6.72. The third-order valence-electron chi connectivity index (χ3n) is 7.88. The highest BCUT2D eigenvalue weighted by Gasteiger charge is 2.60. The zero-order valence-corrected chi connectivity index (χ0v) is 14.0. The monoisotopic (exact) mass is 310 g/mol. The minimum absolute atomic E-state index is 0.0124. The Morgan fingerprint density at radius 1 is 1.22 bits per heavy atom. The zero-order valence-electron chi connectivity index (χ0n) is 14.0. The molecule has 0 spiro atoms. The number of terminal acetylenes is 1. The van der Waals surface area contributed by atoms with Gasteiger partial charge in [-0.25, -0.2) is 0 Å². The zero-order chi connectivity index (χ0) is 16.2. The molecule has 0 bridgehead atoms. The number of allylic oxidation sites excluding steroid dienone is 2. The third-order valence-corrected chi connectivity index (χ3v) is 7.88. The number of Topliss-reactive ketones (excluding diaryl/α,β-unsaturated/α-hetero) is 1. The van der Waals surface area contributed by atoms with Gasteiger partial charge in [0.1, 0.15) is 5.78 Å². The van der Waals surface area contributed by atoms with Crippen LogP contribution in [0.5, 0.6) is 0 Å². The number of carbonyl (C=O) groups excluding carboxylic acids is 2. The number of ketones is 2. The van der Waals surface area contributed by atoms with Crippen LogP contribution in [-0.4, -0.2) is 11.6 Å². The van der Waals surface area contributed by atoms with Crippen LogP contribution in [0.25, 0.3) is 0 Å². The van der Waals surface area contributed by atoms with Crippen LogP contribution in [0, 0.1) is 46.8 Å². The molecule has 3 fully saturated rings. The van der Waals surface area contributed by atoms with Gasteiger partial charge >= 0.3 is 0 Å². The first-order valence-electron chi connectivity index (χ1n) is 9.20. The molecule has 0 radical (unpaired) electrons. The molecule has 6 atom stereocenters. The van der Waals surface area contributed by atoms with Crippen LogP contribution in [0.2, 0.25) is 0 Å². The maximum absolute atomic E-state index is 12.4. The van der Waals surface area contributed by atoms with Crippen molar-refractivity contribution in [1.29, 1.82) is 0 Å². The van der Waals surface area contributed by atoms with Crippen molar-refractivity contribution in [3.8, 4) is 12.3 Å². The lowest BCUT2D eigenvalue weighted by atomic mass is 9.45. The molecule has 0 saturated heterocycles. The van der Waals surface area contributed by atoms with Crippen LogP contribution < -0.4 is 0 Å². The molecule has 1 unspecified atom stereocenters. The lowest BCUT2D eigenvalue weighted by Crippen LogP contribution is -2.53. The number of hydrogen-bond donors (Lipinski definition) is 0. The molecule has 0 N–H and O–H groups in total. The number of fused-ring (bicyclic) bond motifs is 5. The summed E-state index contributed by atoms with van der Waals surface area (Å²) in [6.07, 6.45) is 17.4. The largest absolute Gasteiger partial charge is 0.299 e. The van der Waals surface area contributed by atoms with Gasteiger partial charge in [0.2, 0.25) is 0 Å². The fourth-order valence-corrected chi connectivity index (χ4v) is 6.72. The summed E-state index contributed by atoms with van der Waals surface area (Å²) < 4.78 is 0. The summed E-state index contributed by atoms with van der Waals surface area (Å²) >= 11 is 0. The highest BCUT2D eigenvalue weighted by Crippen LogP contribution is 2.65. The quantitative estimate of drug-likeness (QED) is 0.687. The van der Waals surface area contributed by atoms with Crippen molar-refractivity contribution in [2.75, 3.05) is 0 Å². The van der Waals surface area contributed by atoms with Gasteiger partial charge in [-0.05, 0) is 61.9 Å². The lowest BCUT2D eigenvalue weighted by molar-refractivity contribution is -0.135. The Kier molecular flexibility index (Phi) is 3.34. The van der Waals surface area contributed by atoms with Gasteiger partial charge < -0.3 is 0 Å². The molecule has 4 aliphatic rings. The molecule has 23 heavy (non-hydrogen) atoms. The third kappa shape index (κ3) is 1.95. The minimum Gasteiger partial charge on any atom is -0.299 e. The highest BCUT2D eigenvalue weighted by atomic mass is 16.1. The summed E-state index contributed by atoms with van der Waals surface area (Å²) in [6, 6.07) is 0. The maximum Gasteiger partial charge on any atom is 0.155 e. The average Bonchev–Trinajstić information content (AvgIpc) is 2.84. The molecular formula is C21H26O2. The van der Waals surface area contributed by atoms with E-state index in [9.17, 15) is 9.59 Å². The summed E-state index contributed by atoms with van der Waals surface area (Å²) in [7, 11) is 0. The minimum atomic E-state index is -0.0838. The number of rotatable bonds is 1. The second-order valence-electron chi connectivity index (χ2n) is 8.57. The molecule has 0 heterocycles. The van der Waals surface area contributed by atoms with E-state index in [-0.39, 0.29) is 16.6 Å². The van der Waals surface area contributed by atoms with Crippen molar-refractivity contribution in [3.63, 3.8) is 0 Å². The number of hydrogen-bond acceptors (Lipinski definition) is 2. The Morgan fingerprint density at radius 2 is 2.04 bits per heavy atom. The SMILES string of the molecule is C#CCC12C=CC(=O)C[C@@H]1CC[C@@H]1[C@@H]2CC[C@]2(C)C(=O)CC[C@@H]12. The van der Waals surface area contributed by atoms with Crippen LogP contribution in [0.4, 0.5) is 0 Å². The Hall–Kier alpha value is -1.36. The van der Waals surface area contributed by atoms with E-state index < -0.39 is 0 Å². The van der Waals surface area contributed by atoms with Crippen molar-refractivity contribution in [2.45, 2.75) is 58.3 Å². The lowest BCUT2D eigenvalue weighted by Gasteiger charge is -2.58. The van der Waals surface area contributed by atoms with Gasteiger partial charge in [-0.1, -0.05) is 13.0 Å². The van der Waals surface area contributed by atoms with Crippen molar-refractivity contribution in [3.05, 3.63) is 12.2 Å². The molecule has 4 rings (SSSR count). The standard InChI is InChI=1S/C21H26O2/c1-3-10-21-12-8-15(22)13-14(21)4-5-16-17-6-7-19(23)20(17,2)11-9-18(16)21/h1,8,12,14,16-18H,4-7,9-11,13H2,2H3/t14-,16-,17-,18-,20-,21?/m0/s1. The van der Waals surface area contributed by atoms with Crippen LogP contribution in [0.1, 0.15) is 58.3 Å². The van der Waals surface area contributed by atoms with Gasteiger partial charge in [0.25, 0.3) is 0 Å². The van der Waals surface area contributed by atoms with E-state index in [2.05, 4.69) is 18.9 Å². The molecule has 0 amide bonds. The molecule has 0 aromatic heterocycles. The predicted octanol–water partition coefficient (Wildman–Crippen LogP) is 3.95. The van der Waals surface area contributed by atoms with E-state index in [1.54, 1.807) is 6.08 Å². The van der Waals surface area contributed by atoms with Crippen LogP contribution in [0.3, 0.4) is 0 Å². The predicted molar refractivity (Wildman–Crippen MR) is 89.4 cm³/mol. The highest BCUT2D eigenvalue weighted by molar-refractivity contribution is 5.91. The van der Waals surface area contributed by atoms with E-state index in [0.717, 1.165) is 38.5 Å². The van der Waals surface area contributed by atoms with E-state index in [0.29, 0.717) is 35.9 Å². The van der Waals surface area contributed by atoms with E-state index >= 15 is 0 Å².